The van der Waals surface area contributed by atoms with Crippen LogP contribution in [-0.2, 0) is 12.8 Å². The van der Waals surface area contributed by atoms with Crippen LogP contribution in [0, 0.1) is 5.41 Å². The van der Waals surface area contributed by atoms with Crippen LogP contribution in [0.1, 0.15) is 37.6 Å². The summed E-state index contributed by atoms with van der Waals surface area (Å²) in [6.45, 7) is 6.52. The molecule has 5 nitrogen and oxygen atoms in total. The van der Waals surface area contributed by atoms with E-state index >= 15 is 0 Å². The van der Waals surface area contributed by atoms with Crippen LogP contribution in [0.15, 0.2) is 53.7 Å². The molecule has 24 heavy (non-hydrogen) atoms. The number of nitrogens with zero attached hydrogens (tertiary/aromatic N) is 3. The summed E-state index contributed by atoms with van der Waals surface area (Å²) in [5.74, 6) is 0.624. The molecule has 0 fully saturated rings. The molecule has 5 heteroatoms. The number of rotatable bonds is 4. The van der Waals surface area contributed by atoms with Crippen LogP contribution in [0.25, 0.3) is 5.82 Å². The van der Waals surface area contributed by atoms with Crippen LogP contribution in [0.5, 0.6) is 0 Å². The molecule has 0 bridgehead atoms. The standard InChI is InChI=1S/C19H22N4O/c1-19(2,3)11-16-7-4-8-17(22-16)23-18(24)15(13-21-23)10-14-6-5-9-20-12-14/h4-9,12-13,21H,10-11H2,1-3H3. The maximum Gasteiger partial charge on any atom is 0.276 e. The van der Waals surface area contributed by atoms with Crippen molar-refractivity contribution in [2.24, 2.45) is 5.41 Å². The van der Waals surface area contributed by atoms with Gasteiger partial charge in [-0.1, -0.05) is 32.9 Å². The average Bonchev–Trinajstić information content (AvgIpc) is 2.88. The van der Waals surface area contributed by atoms with Crippen molar-refractivity contribution >= 4 is 0 Å². The molecule has 124 valence electrons. The van der Waals surface area contributed by atoms with Crippen LogP contribution >= 0.6 is 0 Å². The lowest BCUT2D eigenvalue weighted by Crippen LogP contribution is -2.19. The van der Waals surface area contributed by atoms with E-state index in [1.807, 2.05) is 30.3 Å². The topological polar surface area (TPSA) is 63.6 Å². The Morgan fingerprint density at radius 3 is 2.71 bits per heavy atom. The third-order valence-electron chi connectivity index (χ3n) is 3.70. The lowest BCUT2D eigenvalue weighted by atomic mass is 9.90. The summed E-state index contributed by atoms with van der Waals surface area (Å²) in [6.07, 6.45) is 6.66. The maximum absolute atomic E-state index is 12.6. The zero-order valence-corrected chi connectivity index (χ0v) is 14.3. The van der Waals surface area contributed by atoms with Gasteiger partial charge >= 0.3 is 0 Å². The number of hydrogen-bond donors (Lipinski definition) is 1. The molecule has 0 aliphatic heterocycles. The highest BCUT2D eigenvalue weighted by Gasteiger charge is 2.14. The summed E-state index contributed by atoms with van der Waals surface area (Å²) in [7, 11) is 0. The first-order chi connectivity index (χ1) is 11.4. The van der Waals surface area contributed by atoms with Gasteiger partial charge in [0.2, 0.25) is 0 Å². The number of aromatic amines is 1. The van der Waals surface area contributed by atoms with E-state index < -0.39 is 0 Å². The van der Waals surface area contributed by atoms with Crippen molar-refractivity contribution in [3.05, 3.63) is 76.1 Å². The molecule has 0 saturated heterocycles. The van der Waals surface area contributed by atoms with E-state index in [4.69, 9.17) is 0 Å². The quantitative estimate of drug-likeness (QED) is 0.802. The minimum atomic E-state index is -0.0701. The van der Waals surface area contributed by atoms with Gasteiger partial charge in [0.05, 0.1) is 0 Å². The second-order valence-corrected chi connectivity index (χ2v) is 7.20. The smallest absolute Gasteiger partial charge is 0.276 e. The van der Waals surface area contributed by atoms with Gasteiger partial charge in [-0.3, -0.25) is 14.9 Å². The molecule has 3 aromatic rings. The van der Waals surface area contributed by atoms with E-state index in [0.717, 1.165) is 17.7 Å². The van der Waals surface area contributed by atoms with E-state index in [9.17, 15) is 4.79 Å². The molecule has 3 rings (SSSR count). The van der Waals surface area contributed by atoms with Gasteiger partial charge in [0, 0.05) is 36.3 Å². The van der Waals surface area contributed by atoms with Gasteiger partial charge in [-0.25, -0.2) is 9.67 Å². The fourth-order valence-corrected chi connectivity index (χ4v) is 2.66. The summed E-state index contributed by atoms with van der Waals surface area (Å²) in [5, 5.41) is 3.02. The molecule has 0 unspecified atom stereocenters. The lowest BCUT2D eigenvalue weighted by molar-refractivity contribution is 0.406. The number of pyridine rings is 2. The van der Waals surface area contributed by atoms with E-state index in [0.29, 0.717) is 17.8 Å². The monoisotopic (exact) mass is 322 g/mol. The van der Waals surface area contributed by atoms with Crippen molar-refractivity contribution in [3.63, 3.8) is 0 Å². The average molecular weight is 322 g/mol. The van der Waals surface area contributed by atoms with Crippen LogP contribution < -0.4 is 5.56 Å². The minimum Gasteiger partial charge on any atom is -0.296 e. The van der Waals surface area contributed by atoms with Crippen molar-refractivity contribution in [3.8, 4) is 5.82 Å². The lowest BCUT2D eigenvalue weighted by Gasteiger charge is -2.17. The molecular formula is C19H22N4O. The molecule has 0 saturated carbocycles. The van der Waals surface area contributed by atoms with Gasteiger partial charge in [-0.2, -0.15) is 0 Å². The number of nitrogens with one attached hydrogen (secondary N) is 1. The Bertz CT molecular complexity index is 872. The Hall–Kier alpha value is -2.69. The molecule has 0 aromatic carbocycles. The predicted octanol–water partition coefficient (Wildman–Crippen LogP) is 3.14. The van der Waals surface area contributed by atoms with Crippen molar-refractivity contribution in [1.29, 1.82) is 0 Å². The minimum absolute atomic E-state index is 0.0701. The van der Waals surface area contributed by atoms with Gasteiger partial charge in [0.25, 0.3) is 5.56 Å². The zero-order valence-electron chi connectivity index (χ0n) is 14.3. The molecule has 0 amide bonds. The van der Waals surface area contributed by atoms with Crippen LogP contribution in [0.3, 0.4) is 0 Å². The summed E-state index contributed by atoms with van der Waals surface area (Å²) >= 11 is 0. The van der Waals surface area contributed by atoms with Crippen LogP contribution in [0.4, 0.5) is 0 Å². The Labute approximate surface area is 141 Å². The van der Waals surface area contributed by atoms with E-state index in [1.54, 1.807) is 18.6 Å². The van der Waals surface area contributed by atoms with Crippen molar-refractivity contribution in [1.82, 2.24) is 19.7 Å². The highest BCUT2D eigenvalue weighted by Crippen LogP contribution is 2.19. The second kappa shape index (κ2) is 6.43. The number of H-pyrrole nitrogens is 1. The molecule has 3 aromatic heterocycles. The van der Waals surface area contributed by atoms with Crippen LogP contribution in [0.2, 0.25) is 0 Å². The predicted molar refractivity (Wildman–Crippen MR) is 94.4 cm³/mol. The molecule has 0 atom stereocenters. The molecule has 0 aliphatic carbocycles. The highest BCUT2D eigenvalue weighted by molar-refractivity contribution is 5.27. The van der Waals surface area contributed by atoms with Gasteiger partial charge in [0.15, 0.2) is 5.82 Å². The first-order valence-electron chi connectivity index (χ1n) is 8.07. The molecule has 0 spiro atoms. The third-order valence-corrected chi connectivity index (χ3v) is 3.70. The van der Waals surface area contributed by atoms with Gasteiger partial charge in [0.1, 0.15) is 0 Å². The first kappa shape index (κ1) is 16.2. The Balaban J connectivity index is 1.88. The normalized spacial score (nSPS) is 11.6. The SMILES string of the molecule is CC(C)(C)Cc1cccc(-n2[nH]cc(Cc3cccnc3)c2=O)n1. The summed E-state index contributed by atoms with van der Waals surface area (Å²) in [5.41, 5.74) is 2.77. The molecule has 0 aliphatic rings. The fourth-order valence-electron chi connectivity index (χ4n) is 2.66. The number of aromatic nitrogens is 4. The van der Waals surface area contributed by atoms with Crippen molar-refractivity contribution < 1.29 is 0 Å². The Kier molecular flexibility index (Phi) is 4.34. The van der Waals surface area contributed by atoms with Crippen molar-refractivity contribution in [2.45, 2.75) is 33.6 Å². The van der Waals surface area contributed by atoms with Crippen molar-refractivity contribution in [2.75, 3.05) is 0 Å². The largest absolute Gasteiger partial charge is 0.296 e. The summed E-state index contributed by atoms with van der Waals surface area (Å²) in [6, 6.07) is 9.62. The summed E-state index contributed by atoms with van der Waals surface area (Å²) < 4.78 is 1.50. The number of hydrogen-bond acceptors (Lipinski definition) is 3. The van der Waals surface area contributed by atoms with Gasteiger partial charge in [-0.05, 0) is 35.6 Å². The molecule has 0 radical (unpaired) electrons. The van der Waals surface area contributed by atoms with E-state index in [2.05, 4.69) is 35.8 Å². The van der Waals surface area contributed by atoms with E-state index in [-0.39, 0.29) is 11.0 Å². The molecule has 3 heterocycles. The van der Waals surface area contributed by atoms with E-state index in [1.165, 1.54) is 4.68 Å². The summed E-state index contributed by atoms with van der Waals surface area (Å²) in [4.78, 5) is 21.4. The third kappa shape index (κ3) is 3.79. The molecular weight excluding hydrogens is 300 g/mol. The zero-order chi connectivity index (χ0) is 17.2. The fraction of sp³-hybridized carbons (Fsp3) is 0.316. The Morgan fingerprint density at radius 2 is 2.00 bits per heavy atom. The van der Waals surface area contributed by atoms with Gasteiger partial charge in [-0.15, -0.1) is 0 Å². The molecule has 1 N–H and O–H groups in total. The van der Waals surface area contributed by atoms with Crippen LogP contribution in [-0.4, -0.2) is 19.7 Å². The first-order valence-corrected chi connectivity index (χ1v) is 8.07. The highest BCUT2D eigenvalue weighted by atomic mass is 16.1. The Morgan fingerprint density at radius 1 is 1.17 bits per heavy atom. The van der Waals surface area contributed by atoms with Gasteiger partial charge < -0.3 is 0 Å². The second-order valence-electron chi connectivity index (χ2n) is 7.20. The maximum atomic E-state index is 12.6.